The standard InChI is InChI=1S/C10H17NO2.HI.Ni/c1-8-6-5-7-11(8)9(12)13-10(2,3)4;;/h1,8H,5-7H2,2-4H3;1H;/q;;+1/p-1/t8-;;/m1../s1. The summed E-state index contributed by atoms with van der Waals surface area (Å²) in [5.41, 5.74) is -0.399. The van der Waals surface area contributed by atoms with Gasteiger partial charge in [0.2, 0.25) is 0 Å². The van der Waals surface area contributed by atoms with Crippen molar-refractivity contribution in [3.63, 3.8) is 0 Å². The normalized spacial score (nSPS) is 23.5. The summed E-state index contributed by atoms with van der Waals surface area (Å²) in [4.78, 5) is 15.8. The van der Waals surface area contributed by atoms with Crippen molar-refractivity contribution in [2.24, 2.45) is 0 Å². The molecule has 3 nitrogen and oxygen atoms in total. The van der Waals surface area contributed by atoms with Gasteiger partial charge in [-0.1, -0.05) is 0 Å². The minimum absolute atomic E-state index is 0.185. The average Bonchev–Trinajstić information content (AvgIpc) is 2.49. The fourth-order valence-electron chi connectivity index (χ4n) is 1.50. The Morgan fingerprint density at radius 3 is 2.80 bits per heavy atom. The SMILES string of the molecule is CC(C)(C)OC(=O)N1CCC[C@H]1[CH]=[Ni][I]. The van der Waals surface area contributed by atoms with E-state index >= 15 is 0 Å². The second-order valence-electron chi connectivity index (χ2n) is 4.56. The van der Waals surface area contributed by atoms with E-state index in [1.165, 1.54) is 10.8 Å². The van der Waals surface area contributed by atoms with E-state index in [-0.39, 0.29) is 12.1 Å². The summed E-state index contributed by atoms with van der Waals surface area (Å²) in [6.45, 7) is 6.51. The summed E-state index contributed by atoms with van der Waals surface area (Å²) in [6.07, 6.45) is 1.94. The Balaban J connectivity index is 2.59. The van der Waals surface area contributed by atoms with Gasteiger partial charge in [0, 0.05) is 0 Å². The molecular weight excluding hydrogens is 352 g/mol. The summed E-state index contributed by atoms with van der Waals surface area (Å²) in [5, 5.41) is 0. The number of likely N-dealkylation sites (tertiary alicyclic amines) is 1. The summed E-state index contributed by atoms with van der Waals surface area (Å²) in [7, 11) is 1.47. The number of halogens is 1. The van der Waals surface area contributed by atoms with Crippen LogP contribution in [0.1, 0.15) is 33.6 Å². The van der Waals surface area contributed by atoms with Crippen LogP contribution in [0, 0.1) is 0 Å². The summed E-state index contributed by atoms with van der Waals surface area (Å²) < 4.78 is 5.36. The van der Waals surface area contributed by atoms with Crippen molar-refractivity contribution >= 4 is 31.6 Å². The number of hydrogen-bond donors (Lipinski definition) is 0. The monoisotopic (exact) mass is 368 g/mol. The molecule has 1 atom stereocenters. The first-order chi connectivity index (χ1) is 6.94. The molecule has 1 saturated heterocycles. The molecule has 0 bridgehead atoms. The van der Waals surface area contributed by atoms with Gasteiger partial charge in [0.1, 0.15) is 0 Å². The molecule has 0 N–H and O–H groups in total. The third-order valence-corrected chi connectivity index (χ3v) is 3.53. The Bertz CT molecular complexity index is 263. The van der Waals surface area contributed by atoms with E-state index in [0.717, 1.165) is 19.4 Å². The molecule has 5 heteroatoms. The number of carbonyl (C=O) groups is 1. The molecule has 0 aliphatic carbocycles. The first-order valence-corrected chi connectivity index (χ1v) is 8.71. The Kier molecular flexibility index (Phi) is 5.03. The van der Waals surface area contributed by atoms with E-state index in [2.05, 4.69) is 25.5 Å². The Morgan fingerprint density at radius 2 is 2.27 bits per heavy atom. The second-order valence-corrected chi connectivity index (χ2v) is 6.73. The second kappa shape index (κ2) is 5.62. The van der Waals surface area contributed by atoms with Crippen molar-refractivity contribution in [3.05, 3.63) is 0 Å². The van der Waals surface area contributed by atoms with Crippen LogP contribution >= 0.6 is 20.5 Å². The van der Waals surface area contributed by atoms with Crippen molar-refractivity contribution in [1.82, 2.24) is 4.90 Å². The predicted octanol–water partition coefficient (Wildman–Crippen LogP) is 2.62. The van der Waals surface area contributed by atoms with Crippen LogP contribution in [0.25, 0.3) is 0 Å². The molecular formula is C10H17INNiO2. The molecule has 1 heterocycles. The number of hydrogen-bond acceptors (Lipinski definition) is 2. The summed E-state index contributed by atoms with van der Waals surface area (Å²) in [5.74, 6) is 0. The van der Waals surface area contributed by atoms with E-state index in [4.69, 9.17) is 4.74 Å². The molecule has 1 rings (SSSR count). The first kappa shape index (κ1) is 13.4. The molecule has 15 heavy (non-hydrogen) atoms. The van der Waals surface area contributed by atoms with Crippen LogP contribution in [0.15, 0.2) is 0 Å². The molecule has 1 amide bonds. The molecule has 0 saturated carbocycles. The number of carbonyl (C=O) groups excluding carboxylic acids is 1. The van der Waals surface area contributed by atoms with Crippen molar-refractivity contribution < 1.29 is 20.4 Å². The molecule has 0 unspecified atom stereocenters. The van der Waals surface area contributed by atoms with Gasteiger partial charge in [-0.2, -0.15) is 0 Å². The van der Waals surface area contributed by atoms with E-state index in [9.17, 15) is 4.79 Å². The van der Waals surface area contributed by atoms with E-state index in [1.807, 2.05) is 25.7 Å². The van der Waals surface area contributed by atoms with Crippen LogP contribution in [-0.4, -0.2) is 34.2 Å². The topological polar surface area (TPSA) is 29.5 Å². The van der Waals surface area contributed by atoms with Crippen LogP contribution in [-0.2, 0) is 15.6 Å². The van der Waals surface area contributed by atoms with Crippen molar-refractivity contribution in [2.75, 3.05) is 6.54 Å². The predicted molar refractivity (Wildman–Crippen MR) is 66.0 cm³/mol. The fourth-order valence-corrected chi connectivity index (χ4v) is 3.06. The molecule has 1 aliphatic rings. The zero-order valence-electron chi connectivity index (χ0n) is 9.23. The van der Waals surface area contributed by atoms with Crippen LogP contribution in [0.2, 0.25) is 0 Å². The van der Waals surface area contributed by atoms with Crippen molar-refractivity contribution in [1.29, 1.82) is 0 Å². The Morgan fingerprint density at radius 1 is 1.60 bits per heavy atom. The van der Waals surface area contributed by atoms with Gasteiger partial charge < -0.3 is 0 Å². The average molecular weight is 369 g/mol. The zero-order valence-corrected chi connectivity index (χ0v) is 12.4. The molecule has 0 radical (unpaired) electrons. The zero-order chi connectivity index (χ0) is 11.5. The molecule has 0 aromatic carbocycles. The minimum atomic E-state index is -0.399. The number of rotatable bonds is 1. The number of amides is 1. The Labute approximate surface area is 108 Å². The van der Waals surface area contributed by atoms with Gasteiger partial charge in [0.15, 0.2) is 0 Å². The maximum absolute atomic E-state index is 11.8. The number of ether oxygens (including phenoxy) is 1. The summed E-state index contributed by atoms with van der Waals surface area (Å²) in [6, 6.07) is 0.247. The third kappa shape index (κ3) is 4.39. The van der Waals surface area contributed by atoms with Crippen LogP contribution < -0.4 is 0 Å². The van der Waals surface area contributed by atoms with E-state index in [1.54, 1.807) is 0 Å². The Hall–Kier alpha value is 0.364. The van der Waals surface area contributed by atoms with Gasteiger partial charge in [0.25, 0.3) is 0 Å². The molecule has 0 aromatic heterocycles. The van der Waals surface area contributed by atoms with Crippen molar-refractivity contribution in [3.8, 4) is 0 Å². The van der Waals surface area contributed by atoms with Crippen LogP contribution in [0.4, 0.5) is 4.79 Å². The third-order valence-electron chi connectivity index (χ3n) is 2.09. The molecule has 0 spiro atoms. The van der Waals surface area contributed by atoms with Crippen LogP contribution in [0.3, 0.4) is 0 Å². The van der Waals surface area contributed by atoms with E-state index < -0.39 is 5.60 Å². The summed E-state index contributed by atoms with van der Waals surface area (Å²) >= 11 is 2.24. The molecule has 0 aromatic rings. The van der Waals surface area contributed by atoms with Gasteiger partial charge in [-0.3, -0.25) is 0 Å². The van der Waals surface area contributed by atoms with Gasteiger partial charge >= 0.3 is 109 Å². The van der Waals surface area contributed by atoms with Crippen molar-refractivity contribution in [2.45, 2.75) is 45.3 Å². The van der Waals surface area contributed by atoms with Gasteiger partial charge in [-0.15, -0.1) is 0 Å². The van der Waals surface area contributed by atoms with E-state index in [0.29, 0.717) is 0 Å². The van der Waals surface area contributed by atoms with Crippen LogP contribution in [0.5, 0.6) is 0 Å². The molecule has 91 valence electrons. The van der Waals surface area contributed by atoms with Gasteiger partial charge in [-0.25, -0.2) is 0 Å². The molecule has 1 fully saturated rings. The van der Waals surface area contributed by atoms with Gasteiger partial charge in [-0.05, 0) is 0 Å². The maximum atomic E-state index is 11.8. The number of nitrogens with zero attached hydrogens (tertiary/aromatic N) is 1. The quantitative estimate of drug-likeness (QED) is 0.526. The fraction of sp³-hybridized carbons (Fsp3) is 0.800. The van der Waals surface area contributed by atoms with Gasteiger partial charge in [0.05, 0.1) is 0 Å². The first-order valence-electron chi connectivity index (χ1n) is 4.95. The molecule has 1 aliphatic heterocycles.